The van der Waals surface area contributed by atoms with Crippen molar-refractivity contribution in [1.82, 2.24) is 0 Å². The van der Waals surface area contributed by atoms with E-state index in [4.69, 9.17) is 23.2 Å². The van der Waals surface area contributed by atoms with Crippen molar-refractivity contribution in [2.45, 2.75) is 13.0 Å². The fraction of sp³-hybridized carbons (Fsp3) is 0.222. The molecule has 7 nitrogen and oxygen atoms in total. The number of nitrogens with one attached hydrogen (secondary N) is 1. The number of anilines is 2. The maximum absolute atomic E-state index is 12.6. The molecular weight excluding hydrogens is 427 g/mol. The molecule has 10 heteroatoms. The van der Waals surface area contributed by atoms with Crippen molar-refractivity contribution in [3.05, 3.63) is 58.1 Å². The zero-order valence-corrected chi connectivity index (χ0v) is 17.6. The third-order valence-electron chi connectivity index (χ3n) is 3.76. The van der Waals surface area contributed by atoms with E-state index in [1.807, 2.05) is 0 Å². The average molecular weight is 445 g/mol. The summed E-state index contributed by atoms with van der Waals surface area (Å²) in [7, 11) is -2.55. The molecule has 2 rings (SSSR count). The Balaban J connectivity index is 2.28. The number of methoxy groups -OCH3 is 1. The monoisotopic (exact) mass is 444 g/mol. The van der Waals surface area contributed by atoms with Crippen LogP contribution in [0.25, 0.3) is 0 Å². The number of nitrogens with zero attached hydrogens (tertiary/aromatic N) is 1. The van der Waals surface area contributed by atoms with Gasteiger partial charge in [-0.1, -0.05) is 23.2 Å². The topological polar surface area (TPSA) is 92.8 Å². The van der Waals surface area contributed by atoms with Crippen molar-refractivity contribution in [2.24, 2.45) is 0 Å². The summed E-state index contributed by atoms with van der Waals surface area (Å²) in [4.78, 5) is 24.1. The lowest BCUT2D eigenvalue weighted by Gasteiger charge is -2.28. The van der Waals surface area contributed by atoms with E-state index >= 15 is 0 Å². The lowest BCUT2D eigenvalue weighted by molar-refractivity contribution is -0.116. The Hall–Kier alpha value is -2.29. The number of carbonyl (C=O) groups excluding carboxylic acids is 2. The van der Waals surface area contributed by atoms with Crippen molar-refractivity contribution >= 4 is 56.5 Å². The highest BCUT2D eigenvalue weighted by molar-refractivity contribution is 7.92. The van der Waals surface area contributed by atoms with Crippen molar-refractivity contribution in [2.75, 3.05) is 23.0 Å². The Bertz CT molecular complexity index is 973. The van der Waals surface area contributed by atoms with E-state index in [0.717, 1.165) is 10.6 Å². The van der Waals surface area contributed by atoms with E-state index in [2.05, 4.69) is 10.1 Å². The van der Waals surface area contributed by atoms with Gasteiger partial charge in [0.1, 0.15) is 6.04 Å². The number of benzene rings is 2. The minimum absolute atomic E-state index is 0.170. The van der Waals surface area contributed by atoms with Gasteiger partial charge < -0.3 is 10.1 Å². The summed E-state index contributed by atoms with van der Waals surface area (Å²) in [5.74, 6) is -1.08. The fourth-order valence-corrected chi connectivity index (χ4v) is 4.20. The predicted octanol–water partition coefficient (Wildman–Crippen LogP) is 3.57. The highest BCUT2D eigenvalue weighted by atomic mass is 35.5. The van der Waals surface area contributed by atoms with Gasteiger partial charge in [0.2, 0.25) is 15.9 Å². The number of ether oxygens (including phenoxy) is 1. The number of rotatable bonds is 6. The number of sulfonamides is 1. The molecule has 0 fully saturated rings. The molecule has 2 aromatic carbocycles. The summed E-state index contributed by atoms with van der Waals surface area (Å²) >= 11 is 11.9. The van der Waals surface area contributed by atoms with Gasteiger partial charge in [0.15, 0.2) is 0 Å². The third kappa shape index (κ3) is 5.37. The van der Waals surface area contributed by atoms with Gasteiger partial charge >= 0.3 is 5.97 Å². The molecule has 1 atom stereocenters. The van der Waals surface area contributed by atoms with E-state index in [9.17, 15) is 18.0 Å². The van der Waals surface area contributed by atoms with E-state index < -0.39 is 27.9 Å². The molecule has 0 heterocycles. The van der Waals surface area contributed by atoms with Crippen molar-refractivity contribution in [3.8, 4) is 0 Å². The normalized spacial score (nSPS) is 12.2. The molecule has 0 aliphatic carbocycles. The quantitative estimate of drug-likeness (QED) is 0.687. The molecular formula is C18H18Cl2N2O5S. The molecule has 1 amide bonds. The number of carbonyl (C=O) groups is 2. The largest absolute Gasteiger partial charge is 0.465 e. The van der Waals surface area contributed by atoms with Gasteiger partial charge in [0, 0.05) is 15.7 Å². The van der Waals surface area contributed by atoms with Crippen LogP contribution in [0.3, 0.4) is 0 Å². The molecule has 2 aromatic rings. The average Bonchev–Trinajstić information content (AvgIpc) is 2.59. The van der Waals surface area contributed by atoms with Crippen molar-refractivity contribution in [1.29, 1.82) is 0 Å². The highest BCUT2D eigenvalue weighted by Gasteiger charge is 2.29. The SMILES string of the molecule is COC(=O)c1ccc(NC(=O)[C@H](C)N(c2cc(Cl)cc(Cl)c2)S(C)(=O)=O)cc1. The molecule has 0 aliphatic rings. The number of halogens is 2. The van der Waals surface area contributed by atoms with Gasteiger partial charge in [-0.05, 0) is 49.4 Å². The van der Waals surface area contributed by atoms with Gasteiger partial charge in [0.05, 0.1) is 24.6 Å². The van der Waals surface area contributed by atoms with Crippen LogP contribution in [0.1, 0.15) is 17.3 Å². The molecule has 1 N–H and O–H groups in total. The first-order chi connectivity index (χ1) is 13.0. The summed E-state index contributed by atoms with van der Waals surface area (Å²) < 4.78 is 30.2. The molecule has 150 valence electrons. The molecule has 0 saturated carbocycles. The van der Waals surface area contributed by atoms with Crippen LogP contribution in [0.15, 0.2) is 42.5 Å². The van der Waals surface area contributed by atoms with Crippen LogP contribution in [0.4, 0.5) is 11.4 Å². The standard InChI is InChI=1S/C18H18Cl2N2O5S/c1-11(17(23)21-15-6-4-12(5-7-15)18(24)27-2)22(28(3,25)26)16-9-13(19)8-14(20)10-16/h4-11H,1-3H3,(H,21,23)/t11-/m0/s1. The Morgan fingerprint density at radius 1 is 1.07 bits per heavy atom. The summed E-state index contributed by atoms with van der Waals surface area (Å²) in [6, 6.07) is 9.17. The Labute approximate surface area is 173 Å². The van der Waals surface area contributed by atoms with E-state index in [1.165, 1.54) is 56.5 Å². The second kappa shape index (κ2) is 8.81. The van der Waals surface area contributed by atoms with Crippen LogP contribution >= 0.6 is 23.2 Å². The van der Waals surface area contributed by atoms with Crippen LogP contribution < -0.4 is 9.62 Å². The van der Waals surface area contributed by atoms with Gasteiger partial charge in [-0.15, -0.1) is 0 Å². The molecule has 0 radical (unpaired) electrons. The van der Waals surface area contributed by atoms with Crippen LogP contribution in [0.2, 0.25) is 10.0 Å². The maximum Gasteiger partial charge on any atom is 0.337 e. The minimum atomic E-state index is -3.82. The second-order valence-electron chi connectivity index (χ2n) is 5.92. The summed E-state index contributed by atoms with van der Waals surface area (Å²) in [5.41, 5.74) is 0.880. The van der Waals surface area contributed by atoms with Crippen molar-refractivity contribution < 1.29 is 22.7 Å². The second-order valence-corrected chi connectivity index (χ2v) is 8.65. The van der Waals surface area contributed by atoms with Crippen LogP contribution in [0, 0.1) is 0 Å². The Morgan fingerprint density at radius 3 is 2.07 bits per heavy atom. The number of amides is 1. The number of hydrogen-bond acceptors (Lipinski definition) is 5. The summed E-state index contributed by atoms with van der Waals surface area (Å²) in [6.07, 6.45) is 0.983. The van der Waals surface area contributed by atoms with Gasteiger partial charge in [-0.2, -0.15) is 0 Å². The zero-order chi connectivity index (χ0) is 21.1. The van der Waals surface area contributed by atoms with Crippen LogP contribution in [0.5, 0.6) is 0 Å². The molecule has 0 unspecified atom stereocenters. The van der Waals surface area contributed by atoms with Gasteiger partial charge in [-0.25, -0.2) is 13.2 Å². The van der Waals surface area contributed by atoms with Crippen LogP contribution in [-0.4, -0.2) is 39.7 Å². The van der Waals surface area contributed by atoms with Gasteiger partial charge in [0.25, 0.3) is 0 Å². The van der Waals surface area contributed by atoms with Crippen LogP contribution in [-0.2, 0) is 19.6 Å². The third-order valence-corrected chi connectivity index (χ3v) is 5.44. The zero-order valence-electron chi connectivity index (χ0n) is 15.3. The fourth-order valence-electron chi connectivity index (χ4n) is 2.53. The molecule has 0 bridgehead atoms. The number of esters is 1. The lowest BCUT2D eigenvalue weighted by atomic mass is 10.2. The molecule has 0 aromatic heterocycles. The smallest absolute Gasteiger partial charge is 0.337 e. The van der Waals surface area contributed by atoms with E-state index in [-0.39, 0.29) is 15.7 Å². The predicted molar refractivity (Wildman–Crippen MR) is 110 cm³/mol. The molecule has 0 spiro atoms. The van der Waals surface area contributed by atoms with Crippen molar-refractivity contribution in [3.63, 3.8) is 0 Å². The summed E-state index contributed by atoms with van der Waals surface area (Å²) in [5, 5.41) is 3.09. The molecule has 0 aliphatic heterocycles. The summed E-state index contributed by atoms with van der Waals surface area (Å²) in [6.45, 7) is 1.44. The maximum atomic E-state index is 12.6. The van der Waals surface area contributed by atoms with E-state index in [0.29, 0.717) is 11.3 Å². The molecule has 0 saturated heterocycles. The first-order valence-electron chi connectivity index (χ1n) is 7.97. The molecule has 28 heavy (non-hydrogen) atoms. The highest BCUT2D eigenvalue weighted by Crippen LogP contribution is 2.29. The van der Waals surface area contributed by atoms with Gasteiger partial charge in [-0.3, -0.25) is 9.10 Å². The lowest BCUT2D eigenvalue weighted by Crippen LogP contribution is -2.45. The Kier molecular flexibility index (Phi) is 6.92. The first-order valence-corrected chi connectivity index (χ1v) is 10.6. The minimum Gasteiger partial charge on any atom is -0.465 e. The number of hydrogen-bond donors (Lipinski definition) is 1. The Morgan fingerprint density at radius 2 is 1.61 bits per heavy atom. The first kappa shape index (κ1) is 22.0. The van der Waals surface area contributed by atoms with E-state index in [1.54, 1.807) is 0 Å².